The van der Waals surface area contributed by atoms with Crippen LogP contribution in [0.25, 0.3) is 0 Å². The molecule has 0 aromatic heterocycles. The largest absolute Gasteiger partial charge is 0.430 e. The monoisotopic (exact) mass is 508 g/mol. The summed E-state index contributed by atoms with van der Waals surface area (Å²) in [5.41, 5.74) is -11.4. The SMILES string of the molecule is OC(C1=CC2CC3CC(C(O)(C(F)(F)F)C(F)(F)F)CCC3C2CC1)(C(F)(F)F)C(F)(F)F. The molecular formula is C19H20F12O2. The van der Waals surface area contributed by atoms with Crippen LogP contribution in [0.3, 0.4) is 0 Å². The van der Waals surface area contributed by atoms with Crippen molar-refractivity contribution in [3.8, 4) is 0 Å². The Morgan fingerprint density at radius 1 is 0.636 bits per heavy atom. The molecule has 0 spiro atoms. The summed E-state index contributed by atoms with van der Waals surface area (Å²) in [6.07, 6.45) is -26.3. The summed E-state index contributed by atoms with van der Waals surface area (Å²) >= 11 is 0. The normalized spacial score (nSPS) is 32.3. The highest BCUT2D eigenvalue weighted by molar-refractivity contribution is 5.28. The van der Waals surface area contributed by atoms with E-state index in [1.807, 2.05) is 0 Å². The summed E-state index contributed by atoms with van der Waals surface area (Å²) in [7, 11) is 0. The van der Waals surface area contributed by atoms with Gasteiger partial charge in [-0.3, -0.25) is 0 Å². The van der Waals surface area contributed by atoms with E-state index in [9.17, 15) is 62.9 Å². The van der Waals surface area contributed by atoms with Gasteiger partial charge in [0, 0.05) is 5.92 Å². The summed E-state index contributed by atoms with van der Waals surface area (Å²) in [6.45, 7) is 0. The van der Waals surface area contributed by atoms with Crippen LogP contribution in [0.15, 0.2) is 11.6 Å². The number of halogens is 12. The number of aliphatic hydroxyl groups is 2. The molecule has 3 aliphatic rings. The summed E-state index contributed by atoms with van der Waals surface area (Å²) in [5.74, 6) is -5.10. The zero-order valence-electron chi connectivity index (χ0n) is 16.6. The minimum atomic E-state index is -6.07. The standard InChI is InChI=1S/C19H20F12O2/c20-16(21,22)14(32,17(23,24)25)10-1-3-12-8(6-10)5-9-7-11(2-4-13(9)12)15(33,18(26,27)28)19(29,30)31/h6,8-9,11-13,32-33H,1-5,7H2. The van der Waals surface area contributed by atoms with E-state index < -0.39 is 90.3 Å². The number of hydrogen-bond acceptors (Lipinski definition) is 2. The first-order chi connectivity index (χ1) is 14.7. The predicted octanol–water partition coefficient (Wildman–Crippen LogP) is 6.09. The van der Waals surface area contributed by atoms with E-state index in [0.29, 0.717) is 6.08 Å². The van der Waals surface area contributed by atoms with E-state index in [1.165, 1.54) is 0 Å². The van der Waals surface area contributed by atoms with E-state index in [4.69, 9.17) is 0 Å². The van der Waals surface area contributed by atoms with Gasteiger partial charge in [-0.25, -0.2) is 0 Å². The van der Waals surface area contributed by atoms with Crippen molar-refractivity contribution in [2.24, 2.45) is 29.6 Å². The molecule has 0 aromatic carbocycles. The van der Waals surface area contributed by atoms with Gasteiger partial charge in [-0.2, -0.15) is 52.7 Å². The molecule has 3 aliphatic carbocycles. The quantitative estimate of drug-likeness (QED) is 0.351. The van der Waals surface area contributed by atoms with Crippen molar-refractivity contribution in [1.82, 2.24) is 0 Å². The van der Waals surface area contributed by atoms with Gasteiger partial charge in [0.1, 0.15) is 0 Å². The lowest BCUT2D eigenvalue weighted by atomic mass is 9.66. The van der Waals surface area contributed by atoms with Crippen molar-refractivity contribution >= 4 is 0 Å². The smallest absolute Gasteiger partial charge is 0.373 e. The number of rotatable bonds is 2. The third-order valence-electron chi connectivity index (χ3n) is 7.62. The Balaban J connectivity index is 1.88. The zero-order chi connectivity index (χ0) is 25.4. The van der Waals surface area contributed by atoms with Gasteiger partial charge >= 0.3 is 24.7 Å². The van der Waals surface area contributed by atoms with Gasteiger partial charge in [-0.15, -0.1) is 0 Å². The van der Waals surface area contributed by atoms with Crippen molar-refractivity contribution in [3.05, 3.63) is 11.6 Å². The van der Waals surface area contributed by atoms with Crippen LogP contribution in [0.4, 0.5) is 52.7 Å². The summed E-state index contributed by atoms with van der Waals surface area (Å²) < 4.78 is 158. The number of hydrogen-bond donors (Lipinski definition) is 2. The van der Waals surface area contributed by atoms with Gasteiger partial charge in [0.05, 0.1) is 0 Å². The molecule has 2 nitrogen and oxygen atoms in total. The molecule has 3 rings (SSSR count). The van der Waals surface area contributed by atoms with Crippen LogP contribution in [0.2, 0.25) is 0 Å². The maximum atomic E-state index is 13.2. The molecular weight excluding hydrogens is 488 g/mol. The van der Waals surface area contributed by atoms with Gasteiger partial charge < -0.3 is 10.2 Å². The van der Waals surface area contributed by atoms with E-state index in [2.05, 4.69) is 0 Å². The first-order valence-corrected chi connectivity index (χ1v) is 10.1. The minimum Gasteiger partial charge on any atom is -0.373 e. The van der Waals surface area contributed by atoms with Crippen LogP contribution in [0.1, 0.15) is 38.5 Å². The molecule has 0 radical (unpaired) electrons. The van der Waals surface area contributed by atoms with Crippen molar-refractivity contribution in [2.45, 2.75) is 74.4 Å². The molecule has 192 valence electrons. The zero-order valence-corrected chi connectivity index (χ0v) is 16.6. The second-order valence-electron chi connectivity index (χ2n) is 9.20. The lowest BCUT2D eigenvalue weighted by Crippen LogP contribution is -2.62. The molecule has 0 amide bonds. The third kappa shape index (κ3) is 3.92. The van der Waals surface area contributed by atoms with Crippen molar-refractivity contribution in [2.75, 3.05) is 0 Å². The Bertz CT molecular complexity index is 748. The molecule has 0 saturated heterocycles. The van der Waals surface area contributed by atoms with Gasteiger partial charge in [0.25, 0.3) is 11.2 Å². The molecule has 0 aliphatic heterocycles. The Hall–Kier alpha value is -1.18. The number of alkyl halides is 12. The molecule has 0 bridgehead atoms. The van der Waals surface area contributed by atoms with Gasteiger partial charge in [0.15, 0.2) is 0 Å². The molecule has 2 N–H and O–H groups in total. The van der Waals surface area contributed by atoms with E-state index in [0.717, 1.165) is 0 Å². The molecule has 14 heteroatoms. The highest BCUT2D eigenvalue weighted by Gasteiger charge is 2.75. The first-order valence-electron chi connectivity index (χ1n) is 10.1. The summed E-state index contributed by atoms with van der Waals surface area (Å²) in [4.78, 5) is 0. The second-order valence-corrected chi connectivity index (χ2v) is 9.20. The van der Waals surface area contributed by atoms with Crippen LogP contribution in [0, 0.1) is 29.6 Å². The molecule has 5 unspecified atom stereocenters. The fourth-order valence-corrected chi connectivity index (χ4v) is 6.08. The Morgan fingerprint density at radius 2 is 1.15 bits per heavy atom. The fraction of sp³-hybridized carbons (Fsp3) is 0.895. The van der Waals surface area contributed by atoms with Crippen molar-refractivity contribution in [3.63, 3.8) is 0 Å². The molecule has 33 heavy (non-hydrogen) atoms. The first kappa shape index (κ1) is 26.4. The average molecular weight is 508 g/mol. The molecule has 5 atom stereocenters. The predicted molar refractivity (Wildman–Crippen MR) is 87.4 cm³/mol. The molecule has 0 aromatic rings. The number of fused-ring (bicyclic) bond motifs is 3. The highest BCUT2D eigenvalue weighted by Crippen LogP contribution is 2.61. The van der Waals surface area contributed by atoms with Crippen LogP contribution in [-0.4, -0.2) is 46.1 Å². The average Bonchev–Trinajstić information content (AvgIpc) is 2.99. The van der Waals surface area contributed by atoms with E-state index >= 15 is 0 Å². The van der Waals surface area contributed by atoms with Crippen LogP contribution in [-0.2, 0) is 0 Å². The maximum Gasteiger partial charge on any atom is 0.430 e. The lowest BCUT2D eigenvalue weighted by Gasteiger charge is -2.44. The Morgan fingerprint density at radius 3 is 1.61 bits per heavy atom. The summed E-state index contributed by atoms with van der Waals surface area (Å²) in [5, 5.41) is 19.3. The molecule has 0 heterocycles. The third-order valence-corrected chi connectivity index (χ3v) is 7.62. The number of allylic oxidation sites excluding steroid dienone is 1. The summed E-state index contributed by atoms with van der Waals surface area (Å²) in [6, 6.07) is 0. The van der Waals surface area contributed by atoms with E-state index in [-0.39, 0.29) is 19.3 Å². The highest BCUT2D eigenvalue weighted by atomic mass is 19.4. The topological polar surface area (TPSA) is 40.5 Å². The van der Waals surface area contributed by atoms with Gasteiger partial charge in [-0.05, 0) is 67.8 Å². The van der Waals surface area contributed by atoms with Crippen LogP contribution < -0.4 is 0 Å². The Kier molecular flexibility index (Phi) is 6.13. The van der Waals surface area contributed by atoms with Gasteiger partial charge in [0.2, 0.25) is 0 Å². The molecule has 2 fully saturated rings. The minimum absolute atomic E-state index is 0.184. The fourth-order valence-electron chi connectivity index (χ4n) is 6.08. The van der Waals surface area contributed by atoms with Crippen molar-refractivity contribution in [1.29, 1.82) is 0 Å². The molecule has 2 saturated carbocycles. The van der Waals surface area contributed by atoms with Crippen LogP contribution in [0.5, 0.6) is 0 Å². The lowest BCUT2D eigenvalue weighted by molar-refractivity contribution is -0.388. The van der Waals surface area contributed by atoms with Crippen molar-refractivity contribution < 1.29 is 62.9 Å². The maximum absolute atomic E-state index is 13.2. The van der Waals surface area contributed by atoms with Crippen LogP contribution >= 0.6 is 0 Å². The second kappa shape index (κ2) is 7.66. The Labute approximate surface area is 179 Å². The van der Waals surface area contributed by atoms with Gasteiger partial charge in [-0.1, -0.05) is 6.08 Å². The van der Waals surface area contributed by atoms with E-state index in [1.54, 1.807) is 0 Å².